The number of carbonyl (C=O) groups excluding carboxylic acids is 1. The lowest BCUT2D eigenvalue weighted by Crippen LogP contribution is -2.23. The van der Waals surface area contributed by atoms with Crippen LogP contribution >= 0.6 is 11.8 Å². The van der Waals surface area contributed by atoms with Crippen LogP contribution in [-0.4, -0.2) is 34.8 Å². The van der Waals surface area contributed by atoms with Crippen LogP contribution in [-0.2, 0) is 4.79 Å². The number of Topliss-reactive ketones (excluding diaryl/α,β-unsaturated/α-hetero) is 1. The number of hydrogen-bond acceptors (Lipinski definition) is 6. The standard InChI is InChI=1S/C20H20N2O4S/c1-12(23)13(2)27-20-21-16-8-6-5-7-15(16)19(24)22(20)17-11-14(25-3)9-10-18(17)26-4/h5-11,13H,1-4H3/t13-/m1/s1. The van der Waals surface area contributed by atoms with Gasteiger partial charge in [-0.1, -0.05) is 23.9 Å². The summed E-state index contributed by atoms with van der Waals surface area (Å²) in [6.45, 7) is 3.31. The lowest BCUT2D eigenvalue weighted by Gasteiger charge is -2.18. The Hall–Kier alpha value is -2.80. The molecule has 0 amide bonds. The summed E-state index contributed by atoms with van der Waals surface area (Å²) < 4.78 is 12.2. The minimum absolute atomic E-state index is 0.00608. The van der Waals surface area contributed by atoms with Crippen LogP contribution in [0.15, 0.2) is 52.4 Å². The highest BCUT2D eigenvalue weighted by Gasteiger charge is 2.20. The number of methoxy groups -OCH3 is 2. The van der Waals surface area contributed by atoms with Crippen molar-refractivity contribution in [1.29, 1.82) is 0 Å². The van der Waals surface area contributed by atoms with E-state index in [1.807, 2.05) is 6.07 Å². The average molecular weight is 384 g/mol. The molecule has 2 aromatic carbocycles. The maximum Gasteiger partial charge on any atom is 0.266 e. The maximum atomic E-state index is 13.3. The van der Waals surface area contributed by atoms with E-state index in [9.17, 15) is 9.59 Å². The average Bonchev–Trinajstić information content (AvgIpc) is 2.67. The molecule has 0 unspecified atom stereocenters. The van der Waals surface area contributed by atoms with Crippen molar-refractivity contribution < 1.29 is 14.3 Å². The van der Waals surface area contributed by atoms with Gasteiger partial charge in [-0.05, 0) is 38.1 Å². The van der Waals surface area contributed by atoms with Crippen LogP contribution in [0.5, 0.6) is 11.5 Å². The van der Waals surface area contributed by atoms with Crippen LogP contribution in [0, 0.1) is 0 Å². The Morgan fingerprint density at radius 1 is 1.15 bits per heavy atom. The Bertz CT molecular complexity index is 1060. The quantitative estimate of drug-likeness (QED) is 0.479. The number of fused-ring (bicyclic) bond motifs is 1. The Labute approximate surface area is 161 Å². The maximum absolute atomic E-state index is 13.3. The van der Waals surface area contributed by atoms with Crippen molar-refractivity contribution in [2.75, 3.05) is 14.2 Å². The van der Waals surface area contributed by atoms with Gasteiger partial charge in [-0.3, -0.25) is 14.2 Å². The summed E-state index contributed by atoms with van der Waals surface area (Å²) >= 11 is 1.24. The normalized spacial score (nSPS) is 12.0. The van der Waals surface area contributed by atoms with Crippen LogP contribution in [0.4, 0.5) is 0 Å². The molecule has 0 saturated carbocycles. The second-order valence-electron chi connectivity index (χ2n) is 5.96. The van der Waals surface area contributed by atoms with Crippen molar-refractivity contribution in [3.63, 3.8) is 0 Å². The lowest BCUT2D eigenvalue weighted by molar-refractivity contribution is -0.116. The summed E-state index contributed by atoms with van der Waals surface area (Å²) in [7, 11) is 3.09. The molecule has 0 aliphatic carbocycles. The summed E-state index contributed by atoms with van der Waals surface area (Å²) in [4.78, 5) is 29.7. The molecular formula is C20H20N2O4S. The van der Waals surface area contributed by atoms with Crippen LogP contribution in [0.1, 0.15) is 13.8 Å². The first-order chi connectivity index (χ1) is 13.0. The molecule has 1 aromatic heterocycles. The first-order valence-corrected chi connectivity index (χ1v) is 9.25. The molecule has 1 atom stereocenters. The molecule has 0 aliphatic heterocycles. The van der Waals surface area contributed by atoms with Crippen molar-refractivity contribution in [3.05, 3.63) is 52.8 Å². The minimum Gasteiger partial charge on any atom is -0.497 e. The Kier molecular flexibility index (Phi) is 5.51. The highest BCUT2D eigenvalue weighted by atomic mass is 32.2. The van der Waals surface area contributed by atoms with Gasteiger partial charge in [-0.2, -0.15) is 0 Å². The topological polar surface area (TPSA) is 70.4 Å². The summed E-state index contributed by atoms with van der Waals surface area (Å²) in [5.41, 5.74) is 0.864. The van der Waals surface area contributed by atoms with E-state index in [0.29, 0.717) is 33.2 Å². The van der Waals surface area contributed by atoms with Gasteiger partial charge in [0.05, 0.1) is 36.1 Å². The zero-order chi connectivity index (χ0) is 19.6. The van der Waals surface area contributed by atoms with Gasteiger partial charge in [0.1, 0.15) is 17.3 Å². The molecule has 0 radical (unpaired) electrons. The molecule has 0 saturated heterocycles. The SMILES string of the molecule is COc1ccc(OC)c(-n2c(S[C@H](C)C(C)=O)nc3ccccc3c2=O)c1. The number of aromatic nitrogens is 2. The summed E-state index contributed by atoms with van der Waals surface area (Å²) in [6.07, 6.45) is 0. The molecule has 0 bridgehead atoms. The van der Waals surface area contributed by atoms with E-state index in [1.54, 1.807) is 50.4 Å². The molecule has 6 nitrogen and oxygen atoms in total. The molecule has 140 valence electrons. The Morgan fingerprint density at radius 2 is 1.89 bits per heavy atom. The van der Waals surface area contributed by atoms with E-state index in [0.717, 1.165) is 0 Å². The van der Waals surface area contributed by atoms with Gasteiger partial charge in [-0.25, -0.2) is 4.98 Å². The molecule has 0 aliphatic rings. The minimum atomic E-state index is -0.346. The van der Waals surface area contributed by atoms with E-state index in [-0.39, 0.29) is 16.6 Å². The van der Waals surface area contributed by atoms with Crippen molar-refractivity contribution in [2.45, 2.75) is 24.3 Å². The molecule has 0 spiro atoms. The predicted octanol–water partition coefficient (Wildman–Crippen LogP) is 3.47. The van der Waals surface area contributed by atoms with E-state index < -0.39 is 0 Å². The van der Waals surface area contributed by atoms with Gasteiger partial charge in [0.2, 0.25) is 0 Å². The third-order valence-corrected chi connectivity index (χ3v) is 5.40. The third kappa shape index (κ3) is 3.68. The zero-order valence-electron chi connectivity index (χ0n) is 15.6. The summed E-state index contributed by atoms with van der Waals surface area (Å²) in [5, 5.41) is 0.566. The molecule has 3 aromatic rings. The van der Waals surface area contributed by atoms with Gasteiger partial charge < -0.3 is 9.47 Å². The fourth-order valence-electron chi connectivity index (χ4n) is 2.62. The number of nitrogens with zero attached hydrogens (tertiary/aromatic N) is 2. The second kappa shape index (κ2) is 7.84. The number of benzene rings is 2. The first kappa shape index (κ1) is 19.0. The van der Waals surface area contributed by atoms with Gasteiger partial charge in [0.25, 0.3) is 5.56 Å². The van der Waals surface area contributed by atoms with E-state index >= 15 is 0 Å². The van der Waals surface area contributed by atoms with Crippen molar-refractivity contribution >= 4 is 28.4 Å². The van der Waals surface area contributed by atoms with Crippen LogP contribution in [0.3, 0.4) is 0 Å². The second-order valence-corrected chi connectivity index (χ2v) is 7.27. The van der Waals surface area contributed by atoms with E-state index in [4.69, 9.17) is 9.47 Å². The number of thioether (sulfide) groups is 1. The summed E-state index contributed by atoms with van der Waals surface area (Å²) in [5.74, 6) is 1.10. The van der Waals surface area contributed by atoms with Crippen LogP contribution in [0.25, 0.3) is 16.6 Å². The van der Waals surface area contributed by atoms with Gasteiger partial charge in [-0.15, -0.1) is 0 Å². The van der Waals surface area contributed by atoms with Crippen molar-refractivity contribution in [2.24, 2.45) is 0 Å². The monoisotopic (exact) mass is 384 g/mol. The number of carbonyl (C=O) groups is 1. The van der Waals surface area contributed by atoms with E-state index in [2.05, 4.69) is 4.98 Å². The molecule has 7 heteroatoms. The van der Waals surface area contributed by atoms with Crippen LogP contribution in [0.2, 0.25) is 0 Å². The fourth-order valence-corrected chi connectivity index (χ4v) is 3.54. The number of ether oxygens (including phenoxy) is 2. The fraction of sp³-hybridized carbons (Fsp3) is 0.250. The van der Waals surface area contributed by atoms with E-state index in [1.165, 1.54) is 30.4 Å². The number of hydrogen-bond donors (Lipinski definition) is 0. The number of para-hydroxylation sites is 1. The highest BCUT2D eigenvalue weighted by Crippen LogP contribution is 2.31. The van der Waals surface area contributed by atoms with Crippen molar-refractivity contribution in [3.8, 4) is 17.2 Å². The van der Waals surface area contributed by atoms with Gasteiger partial charge >= 0.3 is 0 Å². The highest BCUT2D eigenvalue weighted by molar-refractivity contribution is 8.00. The predicted molar refractivity (Wildman–Crippen MR) is 106 cm³/mol. The molecule has 0 N–H and O–H groups in total. The zero-order valence-corrected chi connectivity index (χ0v) is 16.4. The van der Waals surface area contributed by atoms with Gasteiger partial charge in [0.15, 0.2) is 5.16 Å². The Morgan fingerprint density at radius 3 is 2.56 bits per heavy atom. The van der Waals surface area contributed by atoms with Gasteiger partial charge in [0, 0.05) is 6.07 Å². The summed E-state index contributed by atoms with van der Waals surface area (Å²) in [6, 6.07) is 12.4. The van der Waals surface area contributed by atoms with Crippen LogP contribution < -0.4 is 15.0 Å². The number of ketones is 1. The molecule has 1 heterocycles. The third-order valence-electron chi connectivity index (χ3n) is 4.23. The lowest BCUT2D eigenvalue weighted by atomic mass is 10.2. The van der Waals surface area contributed by atoms with Crippen molar-refractivity contribution in [1.82, 2.24) is 9.55 Å². The largest absolute Gasteiger partial charge is 0.497 e. The molecule has 3 rings (SSSR count). The smallest absolute Gasteiger partial charge is 0.266 e. The Balaban J connectivity index is 2.35. The molecule has 0 fully saturated rings. The number of rotatable bonds is 6. The molecular weight excluding hydrogens is 364 g/mol. The first-order valence-electron chi connectivity index (χ1n) is 8.37. The molecule has 27 heavy (non-hydrogen) atoms.